The molecule has 2 heteroatoms. The summed E-state index contributed by atoms with van der Waals surface area (Å²) in [6.45, 7) is 8.51. The van der Waals surface area contributed by atoms with E-state index in [9.17, 15) is 0 Å². The minimum Gasteiger partial charge on any atom is -0.252 e. The van der Waals surface area contributed by atoms with Crippen LogP contribution >= 0.6 is 0 Å². The largest absolute Gasteiger partial charge is 0.252 e. The van der Waals surface area contributed by atoms with E-state index in [0.717, 1.165) is 12.8 Å². The third-order valence-corrected chi connectivity index (χ3v) is 3.88. The standard InChI is InChI=1S/C10H16O2/c1-6-4-9(12-11)8-5-7(6)10(8,2)3/h7-9,11H,1,4-5H2,2-3H3. The Hall–Kier alpha value is -0.340. The Morgan fingerprint density at radius 3 is 2.67 bits per heavy atom. The van der Waals surface area contributed by atoms with Crippen LogP contribution in [0.25, 0.3) is 0 Å². The predicted octanol–water partition coefficient (Wildman–Crippen LogP) is 2.47. The highest BCUT2D eigenvalue weighted by Crippen LogP contribution is 2.61. The van der Waals surface area contributed by atoms with Gasteiger partial charge in [-0.05, 0) is 30.1 Å². The summed E-state index contributed by atoms with van der Waals surface area (Å²) in [6.07, 6.45) is 1.99. The zero-order chi connectivity index (χ0) is 8.93. The van der Waals surface area contributed by atoms with Gasteiger partial charge in [0.2, 0.25) is 0 Å². The summed E-state index contributed by atoms with van der Waals surface area (Å²) in [6, 6.07) is 0. The fraction of sp³-hybridized carbons (Fsp3) is 0.800. The normalized spacial score (nSPS) is 43.9. The number of hydrogen-bond acceptors (Lipinski definition) is 2. The van der Waals surface area contributed by atoms with Crippen LogP contribution in [0.4, 0.5) is 0 Å². The molecule has 3 rings (SSSR count). The lowest BCUT2D eigenvalue weighted by atomic mass is 9.46. The predicted molar refractivity (Wildman–Crippen MR) is 46.6 cm³/mol. The molecule has 2 nitrogen and oxygen atoms in total. The zero-order valence-corrected chi connectivity index (χ0v) is 7.71. The molecule has 2 bridgehead atoms. The van der Waals surface area contributed by atoms with Crippen molar-refractivity contribution >= 4 is 0 Å². The van der Waals surface area contributed by atoms with Crippen LogP contribution in [-0.2, 0) is 4.89 Å². The van der Waals surface area contributed by atoms with E-state index in [1.807, 2.05) is 0 Å². The lowest BCUT2D eigenvalue weighted by molar-refractivity contribution is -0.318. The van der Waals surface area contributed by atoms with Crippen molar-refractivity contribution < 1.29 is 10.1 Å². The minimum absolute atomic E-state index is 0.00231. The second-order valence-corrected chi connectivity index (χ2v) is 4.72. The van der Waals surface area contributed by atoms with Gasteiger partial charge in [-0.1, -0.05) is 26.0 Å². The summed E-state index contributed by atoms with van der Waals surface area (Å²) >= 11 is 0. The third-order valence-electron chi connectivity index (χ3n) is 3.88. The van der Waals surface area contributed by atoms with Crippen LogP contribution in [0.1, 0.15) is 26.7 Å². The highest BCUT2D eigenvalue weighted by Gasteiger charge is 2.56. The molecular weight excluding hydrogens is 152 g/mol. The molecule has 0 radical (unpaired) electrons. The maximum Gasteiger partial charge on any atom is 0.0997 e. The zero-order valence-electron chi connectivity index (χ0n) is 7.71. The summed E-state index contributed by atoms with van der Waals surface area (Å²) in [5.41, 5.74) is 1.55. The van der Waals surface area contributed by atoms with Crippen molar-refractivity contribution in [2.75, 3.05) is 0 Å². The third kappa shape index (κ3) is 0.824. The Kier molecular flexibility index (Phi) is 1.61. The van der Waals surface area contributed by atoms with Crippen molar-refractivity contribution in [3.05, 3.63) is 12.2 Å². The van der Waals surface area contributed by atoms with Crippen LogP contribution in [0.15, 0.2) is 12.2 Å². The first-order valence-electron chi connectivity index (χ1n) is 4.55. The molecular formula is C10H16O2. The second kappa shape index (κ2) is 2.33. The molecule has 0 amide bonds. The van der Waals surface area contributed by atoms with E-state index in [2.05, 4.69) is 25.3 Å². The van der Waals surface area contributed by atoms with E-state index in [0.29, 0.717) is 17.3 Å². The van der Waals surface area contributed by atoms with Gasteiger partial charge >= 0.3 is 0 Å². The molecule has 0 aromatic heterocycles. The van der Waals surface area contributed by atoms with Gasteiger partial charge in [-0.15, -0.1) is 0 Å². The first-order chi connectivity index (χ1) is 5.57. The summed E-state index contributed by atoms with van der Waals surface area (Å²) in [5.74, 6) is 1.19. The molecule has 3 aliphatic carbocycles. The molecule has 0 aliphatic heterocycles. The van der Waals surface area contributed by atoms with Gasteiger partial charge in [0, 0.05) is 0 Å². The monoisotopic (exact) mass is 168 g/mol. The number of fused-ring (bicyclic) bond motifs is 2. The number of hydrogen-bond donors (Lipinski definition) is 1. The van der Waals surface area contributed by atoms with Gasteiger partial charge in [-0.25, -0.2) is 4.89 Å². The van der Waals surface area contributed by atoms with Gasteiger partial charge in [0.25, 0.3) is 0 Å². The van der Waals surface area contributed by atoms with Crippen molar-refractivity contribution in [2.24, 2.45) is 17.3 Å². The fourth-order valence-electron chi connectivity index (χ4n) is 2.94. The highest BCUT2D eigenvalue weighted by molar-refractivity contribution is 5.21. The average molecular weight is 168 g/mol. The molecule has 0 aromatic rings. The SMILES string of the molecule is C=C1CC(OO)C2CC1C2(C)C. The van der Waals surface area contributed by atoms with E-state index in [4.69, 9.17) is 5.26 Å². The van der Waals surface area contributed by atoms with Crippen molar-refractivity contribution in [1.29, 1.82) is 0 Å². The lowest BCUT2D eigenvalue weighted by Crippen LogP contribution is -2.56. The van der Waals surface area contributed by atoms with E-state index in [1.54, 1.807) is 0 Å². The van der Waals surface area contributed by atoms with E-state index in [-0.39, 0.29) is 6.10 Å². The first-order valence-corrected chi connectivity index (χ1v) is 4.55. The number of rotatable bonds is 1. The molecule has 0 spiro atoms. The Bertz CT molecular complexity index is 220. The van der Waals surface area contributed by atoms with Crippen LogP contribution in [0.5, 0.6) is 0 Å². The smallest absolute Gasteiger partial charge is 0.0997 e. The Balaban J connectivity index is 2.21. The molecule has 3 unspecified atom stereocenters. The van der Waals surface area contributed by atoms with Gasteiger partial charge in [-0.2, -0.15) is 0 Å². The maximum atomic E-state index is 8.69. The lowest BCUT2D eigenvalue weighted by Gasteiger charge is -2.59. The molecule has 3 aliphatic rings. The summed E-state index contributed by atoms with van der Waals surface area (Å²) in [5, 5.41) is 8.69. The van der Waals surface area contributed by atoms with Crippen molar-refractivity contribution in [3.63, 3.8) is 0 Å². The van der Waals surface area contributed by atoms with Crippen LogP contribution in [-0.4, -0.2) is 11.4 Å². The van der Waals surface area contributed by atoms with Gasteiger partial charge in [-0.3, -0.25) is 5.26 Å². The summed E-state index contributed by atoms with van der Waals surface area (Å²) < 4.78 is 0. The second-order valence-electron chi connectivity index (χ2n) is 4.72. The molecule has 68 valence electrons. The van der Waals surface area contributed by atoms with E-state index < -0.39 is 0 Å². The van der Waals surface area contributed by atoms with E-state index >= 15 is 0 Å². The van der Waals surface area contributed by atoms with Crippen LogP contribution in [0.2, 0.25) is 0 Å². The topological polar surface area (TPSA) is 29.5 Å². The molecule has 1 N–H and O–H groups in total. The Morgan fingerprint density at radius 1 is 1.58 bits per heavy atom. The van der Waals surface area contributed by atoms with Crippen LogP contribution in [0, 0.1) is 17.3 Å². The average Bonchev–Trinajstić information content (AvgIpc) is 2.02. The fourth-order valence-corrected chi connectivity index (χ4v) is 2.94. The maximum absolute atomic E-state index is 8.69. The summed E-state index contributed by atoms with van der Waals surface area (Å²) in [4.78, 5) is 4.49. The van der Waals surface area contributed by atoms with Crippen molar-refractivity contribution in [1.82, 2.24) is 0 Å². The molecule has 0 heterocycles. The molecule has 0 saturated heterocycles. The highest BCUT2D eigenvalue weighted by atomic mass is 17.1. The van der Waals surface area contributed by atoms with Gasteiger partial charge in [0.15, 0.2) is 0 Å². The van der Waals surface area contributed by atoms with Gasteiger partial charge in [0.05, 0.1) is 6.10 Å². The molecule has 12 heavy (non-hydrogen) atoms. The van der Waals surface area contributed by atoms with Crippen molar-refractivity contribution in [2.45, 2.75) is 32.8 Å². The molecule has 3 atom stereocenters. The van der Waals surface area contributed by atoms with E-state index in [1.165, 1.54) is 5.57 Å². The van der Waals surface area contributed by atoms with Crippen LogP contribution in [0.3, 0.4) is 0 Å². The minimum atomic E-state index is -0.00231. The van der Waals surface area contributed by atoms with Gasteiger partial charge < -0.3 is 0 Å². The summed E-state index contributed by atoms with van der Waals surface area (Å²) in [7, 11) is 0. The molecule has 0 aromatic carbocycles. The Morgan fingerprint density at radius 2 is 2.25 bits per heavy atom. The molecule has 3 saturated carbocycles. The van der Waals surface area contributed by atoms with Crippen molar-refractivity contribution in [3.8, 4) is 0 Å². The Labute approximate surface area is 73.2 Å². The van der Waals surface area contributed by atoms with Gasteiger partial charge in [0.1, 0.15) is 0 Å². The molecule has 3 fully saturated rings. The quantitative estimate of drug-likeness (QED) is 0.370. The first kappa shape index (κ1) is 8.27. The van der Waals surface area contributed by atoms with Crippen LogP contribution < -0.4 is 0 Å².